The molecule has 0 N–H and O–H groups in total. The molecule has 7 heteroatoms. The van der Waals surface area contributed by atoms with Gasteiger partial charge in [0.25, 0.3) is 5.91 Å². The summed E-state index contributed by atoms with van der Waals surface area (Å²) in [5.74, 6) is 0.0692. The number of hydrogen-bond acceptors (Lipinski definition) is 4. The van der Waals surface area contributed by atoms with E-state index in [-0.39, 0.29) is 17.2 Å². The van der Waals surface area contributed by atoms with Gasteiger partial charge in [0.1, 0.15) is 11.5 Å². The Balaban J connectivity index is 1.61. The number of amides is 1. The molecule has 0 bridgehead atoms. The van der Waals surface area contributed by atoms with E-state index in [1.807, 2.05) is 12.1 Å². The lowest BCUT2D eigenvalue weighted by Crippen LogP contribution is -2.35. The summed E-state index contributed by atoms with van der Waals surface area (Å²) in [6.07, 6.45) is 0.556. The topological polar surface area (TPSA) is 55.6 Å². The van der Waals surface area contributed by atoms with Gasteiger partial charge >= 0.3 is 0 Å². The molecule has 0 radical (unpaired) electrons. The highest BCUT2D eigenvalue weighted by molar-refractivity contribution is 6.30. The Morgan fingerprint density at radius 2 is 2.04 bits per heavy atom. The van der Waals surface area contributed by atoms with Crippen molar-refractivity contribution in [1.29, 1.82) is 0 Å². The Bertz CT molecular complexity index is 1000. The highest BCUT2D eigenvalue weighted by Gasteiger charge is 2.28. The molecule has 1 aliphatic rings. The third kappa shape index (κ3) is 3.28. The first-order chi connectivity index (χ1) is 13.1. The zero-order valence-corrected chi connectivity index (χ0v) is 15.3. The van der Waals surface area contributed by atoms with Crippen molar-refractivity contribution >= 4 is 17.5 Å². The smallest absolute Gasteiger partial charge is 0.254 e. The second-order valence-electron chi connectivity index (χ2n) is 6.27. The van der Waals surface area contributed by atoms with Crippen molar-refractivity contribution in [1.82, 2.24) is 10.1 Å². The Labute approximate surface area is 160 Å². The summed E-state index contributed by atoms with van der Waals surface area (Å²) in [5, 5.41) is 4.80. The zero-order valence-electron chi connectivity index (χ0n) is 14.5. The lowest BCUT2D eigenvalue weighted by Gasteiger charge is -2.26. The van der Waals surface area contributed by atoms with E-state index < -0.39 is 5.82 Å². The van der Waals surface area contributed by atoms with Crippen molar-refractivity contribution in [3.05, 3.63) is 70.2 Å². The lowest BCUT2D eigenvalue weighted by molar-refractivity contribution is 0.0728. The van der Waals surface area contributed by atoms with E-state index >= 15 is 0 Å². The van der Waals surface area contributed by atoms with Gasteiger partial charge in [-0.1, -0.05) is 28.9 Å². The number of halogens is 2. The van der Waals surface area contributed by atoms with Gasteiger partial charge in [-0.2, -0.15) is 0 Å². The van der Waals surface area contributed by atoms with E-state index in [4.69, 9.17) is 20.9 Å². The van der Waals surface area contributed by atoms with E-state index in [1.54, 1.807) is 23.1 Å². The molecule has 0 fully saturated rings. The van der Waals surface area contributed by atoms with Crippen LogP contribution in [0.3, 0.4) is 0 Å². The molecule has 1 amide bonds. The molecule has 3 aromatic rings. The van der Waals surface area contributed by atoms with Crippen LogP contribution < -0.4 is 4.74 Å². The molecule has 138 valence electrons. The highest BCUT2D eigenvalue weighted by atomic mass is 35.5. The maximum absolute atomic E-state index is 14.0. The van der Waals surface area contributed by atoms with Crippen molar-refractivity contribution in [3.8, 4) is 17.0 Å². The number of aromatic nitrogens is 1. The molecule has 4 rings (SSSR count). The quantitative estimate of drug-likeness (QED) is 0.671. The van der Waals surface area contributed by atoms with Crippen LogP contribution in [-0.2, 0) is 13.0 Å². The number of carbonyl (C=O) groups is 1. The predicted molar refractivity (Wildman–Crippen MR) is 98.3 cm³/mol. The van der Waals surface area contributed by atoms with E-state index in [1.165, 1.54) is 19.2 Å². The van der Waals surface area contributed by atoms with Crippen LogP contribution in [0, 0.1) is 5.82 Å². The molecule has 27 heavy (non-hydrogen) atoms. The molecule has 0 unspecified atom stereocenters. The fourth-order valence-electron chi connectivity index (χ4n) is 3.20. The Hall–Kier alpha value is -2.86. The number of benzene rings is 2. The van der Waals surface area contributed by atoms with Crippen molar-refractivity contribution in [2.24, 2.45) is 0 Å². The number of carbonyl (C=O) groups excluding carboxylic acids is 1. The van der Waals surface area contributed by atoms with Crippen LogP contribution in [-0.4, -0.2) is 29.6 Å². The standard InChI is InChI=1S/C20H16ClFN2O3/c1-26-18-7-4-13(10-16(18)22)20(25)24-9-8-17-15(11-24)19(23-27-17)12-2-5-14(21)6-3-12/h2-7,10H,8-9,11H2,1H3. The van der Waals surface area contributed by atoms with Crippen LogP contribution in [0.15, 0.2) is 47.0 Å². The summed E-state index contributed by atoms with van der Waals surface area (Å²) in [6, 6.07) is 11.5. The number of methoxy groups -OCH3 is 1. The van der Waals surface area contributed by atoms with E-state index in [9.17, 15) is 9.18 Å². The van der Waals surface area contributed by atoms with Gasteiger partial charge in [0.2, 0.25) is 0 Å². The summed E-state index contributed by atoms with van der Waals surface area (Å²) in [6.45, 7) is 0.831. The first-order valence-corrected chi connectivity index (χ1v) is 8.81. The zero-order chi connectivity index (χ0) is 19.0. The van der Waals surface area contributed by atoms with Gasteiger partial charge in [0.15, 0.2) is 11.6 Å². The van der Waals surface area contributed by atoms with Crippen LogP contribution >= 0.6 is 11.6 Å². The minimum Gasteiger partial charge on any atom is -0.494 e. The summed E-state index contributed by atoms with van der Waals surface area (Å²) in [5.41, 5.74) is 2.71. The molecule has 0 saturated heterocycles. The molecule has 0 spiro atoms. The average Bonchev–Trinajstić information content (AvgIpc) is 3.11. The number of fused-ring (bicyclic) bond motifs is 1. The summed E-state index contributed by atoms with van der Waals surface area (Å²) >= 11 is 5.95. The summed E-state index contributed by atoms with van der Waals surface area (Å²) in [7, 11) is 1.39. The lowest BCUT2D eigenvalue weighted by atomic mass is 10.0. The monoisotopic (exact) mass is 386 g/mol. The minimum atomic E-state index is -0.562. The van der Waals surface area contributed by atoms with Crippen LogP contribution in [0.4, 0.5) is 4.39 Å². The molecular weight excluding hydrogens is 371 g/mol. The second-order valence-corrected chi connectivity index (χ2v) is 6.70. The summed E-state index contributed by atoms with van der Waals surface area (Å²) in [4.78, 5) is 14.5. The van der Waals surface area contributed by atoms with E-state index in [0.717, 1.165) is 16.9 Å². The molecule has 0 atom stereocenters. The summed E-state index contributed by atoms with van der Waals surface area (Å²) < 4.78 is 24.3. The molecule has 1 aliphatic heterocycles. The third-order valence-corrected chi connectivity index (χ3v) is 4.88. The number of nitrogens with zero attached hydrogens (tertiary/aromatic N) is 2. The van der Waals surface area contributed by atoms with E-state index in [2.05, 4.69) is 5.16 Å². The molecular formula is C20H16ClFN2O3. The maximum Gasteiger partial charge on any atom is 0.254 e. The number of ether oxygens (including phenoxy) is 1. The van der Waals surface area contributed by atoms with Gasteiger partial charge < -0.3 is 14.2 Å². The largest absolute Gasteiger partial charge is 0.494 e. The Morgan fingerprint density at radius 3 is 2.74 bits per heavy atom. The van der Waals surface area contributed by atoms with Gasteiger partial charge in [0.05, 0.1) is 13.7 Å². The van der Waals surface area contributed by atoms with Gasteiger partial charge in [-0.05, 0) is 30.3 Å². The molecule has 1 aromatic heterocycles. The SMILES string of the molecule is COc1ccc(C(=O)N2CCc3onc(-c4ccc(Cl)cc4)c3C2)cc1F. The van der Waals surface area contributed by atoms with Crippen molar-refractivity contribution in [2.45, 2.75) is 13.0 Å². The molecule has 0 aliphatic carbocycles. The minimum absolute atomic E-state index is 0.108. The average molecular weight is 387 g/mol. The number of rotatable bonds is 3. The predicted octanol–water partition coefficient (Wildman–Crippen LogP) is 4.34. The van der Waals surface area contributed by atoms with Crippen molar-refractivity contribution in [3.63, 3.8) is 0 Å². The second kappa shape index (κ2) is 7.04. The van der Waals surface area contributed by atoms with Crippen LogP contribution in [0.2, 0.25) is 5.02 Å². The van der Waals surface area contributed by atoms with Gasteiger partial charge in [-0.3, -0.25) is 4.79 Å². The first-order valence-electron chi connectivity index (χ1n) is 8.43. The van der Waals surface area contributed by atoms with Gasteiger partial charge in [-0.15, -0.1) is 0 Å². The molecule has 2 aromatic carbocycles. The van der Waals surface area contributed by atoms with Crippen molar-refractivity contribution in [2.75, 3.05) is 13.7 Å². The molecule has 0 saturated carbocycles. The maximum atomic E-state index is 14.0. The Kier molecular flexibility index (Phi) is 4.58. The normalized spacial score (nSPS) is 13.4. The number of hydrogen-bond donors (Lipinski definition) is 0. The fourth-order valence-corrected chi connectivity index (χ4v) is 3.33. The van der Waals surface area contributed by atoms with Crippen LogP contribution in [0.1, 0.15) is 21.7 Å². The van der Waals surface area contributed by atoms with Gasteiger partial charge in [-0.25, -0.2) is 4.39 Å². The van der Waals surface area contributed by atoms with Crippen LogP contribution in [0.25, 0.3) is 11.3 Å². The fraction of sp³-hybridized carbons (Fsp3) is 0.200. The van der Waals surface area contributed by atoms with E-state index in [0.29, 0.717) is 30.2 Å². The first kappa shape index (κ1) is 17.5. The molecule has 5 nitrogen and oxygen atoms in total. The van der Waals surface area contributed by atoms with Crippen molar-refractivity contribution < 1.29 is 18.4 Å². The highest BCUT2D eigenvalue weighted by Crippen LogP contribution is 2.31. The van der Waals surface area contributed by atoms with Crippen LogP contribution in [0.5, 0.6) is 5.75 Å². The third-order valence-electron chi connectivity index (χ3n) is 4.63. The van der Waals surface area contributed by atoms with Gasteiger partial charge in [0, 0.05) is 34.7 Å². The Morgan fingerprint density at radius 1 is 1.26 bits per heavy atom. The molecule has 2 heterocycles.